The second-order valence-electron chi connectivity index (χ2n) is 5.49. The SMILES string of the molecule is CC(=O)NC(CC(=O)N1CCC[C@H](C(=O)O)C1)c1cccs1. The molecule has 2 heterocycles. The first kappa shape index (κ1) is 16.5. The second-order valence-corrected chi connectivity index (χ2v) is 6.47. The lowest BCUT2D eigenvalue weighted by Crippen LogP contribution is -2.43. The average molecular weight is 324 g/mol. The van der Waals surface area contributed by atoms with Gasteiger partial charge in [-0.2, -0.15) is 0 Å². The molecule has 1 aromatic heterocycles. The minimum atomic E-state index is -0.853. The molecule has 1 unspecified atom stereocenters. The minimum Gasteiger partial charge on any atom is -0.481 e. The minimum absolute atomic E-state index is 0.113. The smallest absolute Gasteiger partial charge is 0.308 e. The van der Waals surface area contributed by atoms with Crippen molar-refractivity contribution < 1.29 is 19.5 Å². The summed E-state index contributed by atoms with van der Waals surface area (Å²) in [5.74, 6) is -1.64. The molecule has 1 saturated heterocycles. The Morgan fingerprint density at radius 2 is 2.27 bits per heavy atom. The Morgan fingerprint density at radius 1 is 1.50 bits per heavy atom. The van der Waals surface area contributed by atoms with E-state index in [9.17, 15) is 14.4 Å². The lowest BCUT2D eigenvalue weighted by atomic mass is 9.97. The first-order valence-corrected chi connectivity index (χ1v) is 8.16. The maximum Gasteiger partial charge on any atom is 0.308 e. The van der Waals surface area contributed by atoms with Crippen molar-refractivity contribution in [2.24, 2.45) is 5.92 Å². The van der Waals surface area contributed by atoms with Gasteiger partial charge < -0.3 is 15.3 Å². The Hall–Kier alpha value is -1.89. The van der Waals surface area contributed by atoms with Gasteiger partial charge in [0.1, 0.15) is 0 Å². The van der Waals surface area contributed by atoms with E-state index in [2.05, 4.69) is 5.32 Å². The van der Waals surface area contributed by atoms with Crippen LogP contribution in [0.4, 0.5) is 0 Å². The highest BCUT2D eigenvalue weighted by atomic mass is 32.1. The summed E-state index contributed by atoms with van der Waals surface area (Å²) < 4.78 is 0. The number of nitrogens with zero attached hydrogens (tertiary/aromatic N) is 1. The summed E-state index contributed by atoms with van der Waals surface area (Å²) in [6.07, 6.45) is 1.47. The van der Waals surface area contributed by atoms with E-state index in [0.29, 0.717) is 19.4 Å². The Labute approximate surface area is 133 Å². The fraction of sp³-hybridized carbons (Fsp3) is 0.533. The van der Waals surface area contributed by atoms with Crippen molar-refractivity contribution in [3.8, 4) is 0 Å². The third-order valence-electron chi connectivity index (χ3n) is 3.77. The van der Waals surface area contributed by atoms with Gasteiger partial charge in [-0.1, -0.05) is 6.07 Å². The van der Waals surface area contributed by atoms with Crippen LogP contribution in [-0.4, -0.2) is 40.9 Å². The second kappa shape index (κ2) is 7.40. The summed E-state index contributed by atoms with van der Waals surface area (Å²) in [5, 5.41) is 13.8. The Balaban J connectivity index is 2.01. The molecular formula is C15H20N2O4S. The quantitative estimate of drug-likeness (QED) is 0.862. The zero-order valence-electron chi connectivity index (χ0n) is 12.4. The Morgan fingerprint density at radius 3 is 2.86 bits per heavy atom. The van der Waals surface area contributed by atoms with E-state index in [1.54, 1.807) is 4.90 Å². The number of carbonyl (C=O) groups is 3. The van der Waals surface area contributed by atoms with Gasteiger partial charge in [-0.05, 0) is 24.3 Å². The van der Waals surface area contributed by atoms with E-state index in [0.717, 1.165) is 4.88 Å². The van der Waals surface area contributed by atoms with E-state index in [-0.39, 0.29) is 30.8 Å². The number of hydrogen-bond donors (Lipinski definition) is 2. The van der Waals surface area contributed by atoms with Crippen LogP contribution < -0.4 is 5.32 Å². The average Bonchev–Trinajstić information content (AvgIpc) is 3.00. The molecule has 1 aromatic rings. The molecule has 1 fully saturated rings. The van der Waals surface area contributed by atoms with Crippen LogP contribution >= 0.6 is 11.3 Å². The number of likely N-dealkylation sites (tertiary alicyclic amines) is 1. The van der Waals surface area contributed by atoms with Crippen LogP contribution in [0.2, 0.25) is 0 Å². The molecule has 0 aliphatic carbocycles. The molecule has 7 heteroatoms. The Bertz CT molecular complexity index is 544. The van der Waals surface area contributed by atoms with Crippen molar-refractivity contribution >= 4 is 29.1 Å². The molecule has 2 atom stereocenters. The van der Waals surface area contributed by atoms with Crippen molar-refractivity contribution in [1.82, 2.24) is 10.2 Å². The highest BCUT2D eigenvalue weighted by Gasteiger charge is 2.29. The zero-order chi connectivity index (χ0) is 16.1. The van der Waals surface area contributed by atoms with Gasteiger partial charge in [0, 0.05) is 24.9 Å². The summed E-state index contributed by atoms with van der Waals surface area (Å²) in [7, 11) is 0. The van der Waals surface area contributed by atoms with Crippen LogP contribution in [-0.2, 0) is 14.4 Å². The van der Waals surface area contributed by atoms with Gasteiger partial charge in [-0.3, -0.25) is 14.4 Å². The Kier molecular flexibility index (Phi) is 5.54. The first-order chi connectivity index (χ1) is 10.5. The molecule has 0 radical (unpaired) electrons. The van der Waals surface area contributed by atoms with Crippen molar-refractivity contribution in [2.75, 3.05) is 13.1 Å². The largest absolute Gasteiger partial charge is 0.481 e. The van der Waals surface area contributed by atoms with E-state index >= 15 is 0 Å². The summed E-state index contributed by atoms with van der Waals surface area (Å²) in [5.41, 5.74) is 0. The zero-order valence-corrected chi connectivity index (χ0v) is 13.3. The molecule has 2 rings (SSSR count). The van der Waals surface area contributed by atoms with Crippen LogP contribution in [0.3, 0.4) is 0 Å². The first-order valence-electron chi connectivity index (χ1n) is 7.28. The van der Waals surface area contributed by atoms with E-state index in [4.69, 9.17) is 5.11 Å². The van der Waals surface area contributed by atoms with Gasteiger partial charge in [-0.25, -0.2) is 0 Å². The standard InChI is InChI=1S/C15H20N2O4S/c1-10(18)16-12(13-5-3-7-22-13)8-14(19)17-6-2-4-11(9-17)15(20)21/h3,5,7,11-12H,2,4,6,8-9H2,1H3,(H,16,18)(H,20,21)/t11-,12?/m0/s1. The van der Waals surface area contributed by atoms with Gasteiger partial charge in [0.25, 0.3) is 0 Å². The predicted molar refractivity (Wildman–Crippen MR) is 82.4 cm³/mol. The number of thiophene rings is 1. The molecule has 0 saturated carbocycles. The summed E-state index contributed by atoms with van der Waals surface area (Å²) in [6, 6.07) is 3.41. The van der Waals surface area contributed by atoms with Crippen LogP contribution in [0.1, 0.15) is 37.1 Å². The highest BCUT2D eigenvalue weighted by Crippen LogP contribution is 2.24. The fourth-order valence-corrected chi connectivity index (χ4v) is 3.44. The number of piperidine rings is 1. The fourth-order valence-electron chi connectivity index (χ4n) is 2.67. The molecule has 1 aliphatic rings. The third-order valence-corrected chi connectivity index (χ3v) is 4.75. The van der Waals surface area contributed by atoms with E-state index in [1.807, 2.05) is 17.5 Å². The maximum absolute atomic E-state index is 12.4. The van der Waals surface area contributed by atoms with Gasteiger partial charge in [0.2, 0.25) is 11.8 Å². The van der Waals surface area contributed by atoms with E-state index in [1.165, 1.54) is 18.3 Å². The number of nitrogens with one attached hydrogen (secondary N) is 1. The molecule has 2 N–H and O–H groups in total. The summed E-state index contributed by atoms with van der Waals surface area (Å²) in [4.78, 5) is 37.4. The molecule has 1 aliphatic heterocycles. The normalized spacial score (nSPS) is 19.5. The molecular weight excluding hydrogens is 304 g/mol. The molecule has 0 aromatic carbocycles. The maximum atomic E-state index is 12.4. The number of rotatable bonds is 5. The lowest BCUT2D eigenvalue weighted by molar-refractivity contribution is -0.145. The number of carbonyl (C=O) groups excluding carboxylic acids is 2. The van der Waals surface area contributed by atoms with Crippen LogP contribution in [0.15, 0.2) is 17.5 Å². The lowest BCUT2D eigenvalue weighted by Gasteiger charge is -2.31. The van der Waals surface area contributed by atoms with Crippen LogP contribution in [0.5, 0.6) is 0 Å². The number of amides is 2. The van der Waals surface area contributed by atoms with Crippen LogP contribution in [0.25, 0.3) is 0 Å². The molecule has 22 heavy (non-hydrogen) atoms. The van der Waals surface area contributed by atoms with Gasteiger partial charge in [0.15, 0.2) is 0 Å². The van der Waals surface area contributed by atoms with Crippen molar-refractivity contribution in [3.05, 3.63) is 22.4 Å². The molecule has 120 valence electrons. The molecule has 0 bridgehead atoms. The number of hydrogen-bond acceptors (Lipinski definition) is 4. The predicted octanol–water partition coefficient (Wildman–Crippen LogP) is 1.64. The molecule has 6 nitrogen and oxygen atoms in total. The van der Waals surface area contributed by atoms with Gasteiger partial charge in [-0.15, -0.1) is 11.3 Å². The number of carboxylic acid groups (broad SMARTS) is 1. The summed E-state index contributed by atoms with van der Waals surface area (Å²) in [6.45, 7) is 2.26. The van der Waals surface area contributed by atoms with Crippen molar-refractivity contribution in [2.45, 2.75) is 32.2 Å². The monoisotopic (exact) mass is 324 g/mol. The van der Waals surface area contributed by atoms with Crippen molar-refractivity contribution in [3.63, 3.8) is 0 Å². The molecule has 0 spiro atoms. The highest BCUT2D eigenvalue weighted by molar-refractivity contribution is 7.10. The number of carboxylic acids is 1. The topological polar surface area (TPSA) is 86.7 Å². The van der Waals surface area contributed by atoms with Crippen molar-refractivity contribution in [1.29, 1.82) is 0 Å². The number of aliphatic carboxylic acids is 1. The van der Waals surface area contributed by atoms with Crippen LogP contribution in [0, 0.1) is 5.92 Å². The molecule has 2 amide bonds. The van der Waals surface area contributed by atoms with Gasteiger partial charge in [0.05, 0.1) is 18.4 Å². The van der Waals surface area contributed by atoms with Gasteiger partial charge >= 0.3 is 5.97 Å². The van der Waals surface area contributed by atoms with E-state index < -0.39 is 11.9 Å². The third kappa shape index (κ3) is 4.30. The summed E-state index contributed by atoms with van der Waals surface area (Å²) >= 11 is 1.49.